The van der Waals surface area contributed by atoms with E-state index < -0.39 is 17.8 Å². The summed E-state index contributed by atoms with van der Waals surface area (Å²) in [7, 11) is 0. The maximum Gasteiger partial charge on any atom is 0.343 e. The Balaban J connectivity index is 1.50. The van der Waals surface area contributed by atoms with Gasteiger partial charge in [-0.15, -0.1) is 0 Å². The fraction of sp³-hybridized carbons (Fsp3) is 0.0833. The van der Waals surface area contributed by atoms with Crippen LogP contribution in [0.4, 0.5) is 5.69 Å². The quantitative estimate of drug-likeness (QED) is 0.219. The van der Waals surface area contributed by atoms with E-state index >= 15 is 0 Å². The second-order valence-electron chi connectivity index (χ2n) is 6.85. The van der Waals surface area contributed by atoms with Gasteiger partial charge in [0, 0.05) is 5.69 Å². The molecule has 156 valence electrons. The lowest BCUT2D eigenvalue weighted by molar-refractivity contribution is -0.136. The molecule has 0 aliphatic carbocycles. The number of rotatable bonds is 5. The van der Waals surface area contributed by atoms with E-state index in [9.17, 15) is 14.4 Å². The van der Waals surface area contributed by atoms with E-state index in [1.54, 1.807) is 54.6 Å². The molecule has 3 rings (SSSR count). The first-order valence-corrected chi connectivity index (χ1v) is 9.51. The van der Waals surface area contributed by atoms with Crippen molar-refractivity contribution in [3.63, 3.8) is 0 Å². The van der Waals surface area contributed by atoms with Crippen LogP contribution in [0.25, 0.3) is 0 Å². The van der Waals surface area contributed by atoms with Crippen LogP contribution >= 0.6 is 0 Å². The van der Waals surface area contributed by atoms with E-state index in [4.69, 9.17) is 4.74 Å². The highest BCUT2D eigenvalue weighted by Crippen LogP contribution is 2.14. The average Bonchev–Trinajstić information content (AvgIpc) is 2.75. The lowest BCUT2D eigenvalue weighted by Crippen LogP contribution is -2.32. The number of carbonyl (C=O) groups excluding carboxylic acids is 3. The average molecular weight is 415 g/mol. The third-order valence-electron chi connectivity index (χ3n) is 4.24. The van der Waals surface area contributed by atoms with Crippen molar-refractivity contribution in [3.05, 3.63) is 95.1 Å². The first-order chi connectivity index (χ1) is 14.9. The third-order valence-corrected chi connectivity index (χ3v) is 4.24. The molecule has 0 heterocycles. The predicted octanol–water partition coefficient (Wildman–Crippen LogP) is 3.61. The fourth-order valence-corrected chi connectivity index (χ4v) is 2.60. The number of aryl methyl sites for hydroxylation is 2. The van der Waals surface area contributed by atoms with Crippen molar-refractivity contribution in [3.8, 4) is 5.75 Å². The molecule has 3 aromatic carbocycles. The summed E-state index contributed by atoms with van der Waals surface area (Å²) < 4.78 is 5.33. The van der Waals surface area contributed by atoms with Gasteiger partial charge in [-0.05, 0) is 73.5 Å². The molecule has 7 nitrogen and oxygen atoms in total. The molecule has 0 fully saturated rings. The maximum atomic E-state index is 12.1. The second-order valence-corrected chi connectivity index (χ2v) is 6.85. The van der Waals surface area contributed by atoms with Crippen LogP contribution in [0.1, 0.15) is 27.0 Å². The second kappa shape index (κ2) is 9.98. The van der Waals surface area contributed by atoms with Crippen molar-refractivity contribution in [2.24, 2.45) is 5.10 Å². The monoisotopic (exact) mass is 415 g/mol. The molecule has 0 aromatic heterocycles. The maximum absolute atomic E-state index is 12.1. The summed E-state index contributed by atoms with van der Waals surface area (Å²) in [6.07, 6.45) is 1.38. The normalized spacial score (nSPS) is 10.5. The minimum absolute atomic E-state index is 0.379. The minimum atomic E-state index is -0.888. The van der Waals surface area contributed by atoms with Crippen LogP contribution in [0, 0.1) is 13.8 Å². The Morgan fingerprint density at radius 3 is 2.23 bits per heavy atom. The lowest BCUT2D eigenvalue weighted by Gasteiger charge is -2.05. The van der Waals surface area contributed by atoms with E-state index in [2.05, 4.69) is 15.8 Å². The number of hydrogen-bond acceptors (Lipinski definition) is 5. The van der Waals surface area contributed by atoms with Crippen molar-refractivity contribution < 1.29 is 19.1 Å². The number of amides is 2. The van der Waals surface area contributed by atoms with Crippen LogP contribution in [0.3, 0.4) is 0 Å². The van der Waals surface area contributed by atoms with Crippen LogP contribution in [0.15, 0.2) is 77.9 Å². The molecule has 0 aliphatic rings. The van der Waals surface area contributed by atoms with Crippen molar-refractivity contribution >= 4 is 29.7 Å². The Labute approximate surface area is 179 Å². The molecule has 0 saturated carbocycles. The summed E-state index contributed by atoms with van der Waals surface area (Å²) in [6, 6.07) is 20.7. The van der Waals surface area contributed by atoms with E-state index in [0.29, 0.717) is 22.6 Å². The molecule has 0 aliphatic heterocycles. The van der Waals surface area contributed by atoms with Gasteiger partial charge in [-0.3, -0.25) is 9.59 Å². The van der Waals surface area contributed by atoms with Crippen molar-refractivity contribution in [2.75, 3.05) is 5.32 Å². The molecular formula is C24H21N3O4. The Morgan fingerprint density at radius 2 is 1.55 bits per heavy atom. The standard InChI is InChI=1S/C24H21N3O4/c1-16-6-10-19(11-7-16)24(30)31-21-12-8-18(9-13-21)15-25-27-23(29)22(28)26-20-5-3-4-17(2)14-20/h3-15H,1-2H3,(H,26,28)(H,27,29). The van der Waals surface area contributed by atoms with Gasteiger partial charge in [0.1, 0.15) is 5.75 Å². The number of carbonyl (C=O) groups is 3. The van der Waals surface area contributed by atoms with Crippen LogP contribution in [0.2, 0.25) is 0 Å². The van der Waals surface area contributed by atoms with Gasteiger partial charge in [0.25, 0.3) is 0 Å². The summed E-state index contributed by atoms with van der Waals surface area (Å²) in [5.74, 6) is -1.78. The molecule has 2 N–H and O–H groups in total. The Morgan fingerprint density at radius 1 is 0.839 bits per heavy atom. The largest absolute Gasteiger partial charge is 0.423 e. The zero-order chi connectivity index (χ0) is 22.2. The molecule has 0 radical (unpaired) electrons. The van der Waals surface area contributed by atoms with E-state index in [-0.39, 0.29) is 0 Å². The summed E-state index contributed by atoms with van der Waals surface area (Å²) in [5, 5.41) is 6.28. The number of hydrazone groups is 1. The lowest BCUT2D eigenvalue weighted by atomic mass is 10.1. The first kappa shape index (κ1) is 21.4. The number of nitrogens with zero attached hydrogens (tertiary/aromatic N) is 1. The summed E-state index contributed by atoms with van der Waals surface area (Å²) in [6.45, 7) is 3.82. The van der Waals surface area contributed by atoms with Crippen molar-refractivity contribution in [1.82, 2.24) is 5.43 Å². The number of anilines is 1. The molecule has 3 aromatic rings. The summed E-state index contributed by atoms with van der Waals surface area (Å²) in [5.41, 5.74) is 5.83. The molecule has 2 amide bonds. The van der Waals surface area contributed by atoms with Crippen molar-refractivity contribution in [2.45, 2.75) is 13.8 Å². The van der Waals surface area contributed by atoms with E-state index in [0.717, 1.165) is 11.1 Å². The van der Waals surface area contributed by atoms with Crippen LogP contribution in [-0.2, 0) is 9.59 Å². The van der Waals surface area contributed by atoms with Gasteiger partial charge in [-0.25, -0.2) is 10.2 Å². The number of hydrogen-bond donors (Lipinski definition) is 2. The van der Waals surface area contributed by atoms with Gasteiger partial charge >= 0.3 is 17.8 Å². The predicted molar refractivity (Wildman–Crippen MR) is 118 cm³/mol. The SMILES string of the molecule is Cc1ccc(C(=O)Oc2ccc(C=NNC(=O)C(=O)Nc3cccc(C)c3)cc2)cc1. The topological polar surface area (TPSA) is 96.9 Å². The molecule has 0 unspecified atom stereocenters. The highest BCUT2D eigenvalue weighted by atomic mass is 16.5. The van der Waals surface area contributed by atoms with Gasteiger partial charge in [-0.1, -0.05) is 29.8 Å². The third kappa shape index (κ3) is 6.37. The van der Waals surface area contributed by atoms with Crippen LogP contribution in [-0.4, -0.2) is 24.0 Å². The molecule has 0 spiro atoms. The Kier molecular flexibility index (Phi) is 6.90. The fourth-order valence-electron chi connectivity index (χ4n) is 2.60. The van der Waals surface area contributed by atoms with Gasteiger partial charge in [0.15, 0.2) is 0 Å². The first-order valence-electron chi connectivity index (χ1n) is 9.51. The van der Waals surface area contributed by atoms with Gasteiger partial charge in [-0.2, -0.15) is 5.10 Å². The van der Waals surface area contributed by atoms with Gasteiger partial charge in [0.05, 0.1) is 11.8 Å². The zero-order valence-electron chi connectivity index (χ0n) is 17.1. The number of nitrogens with one attached hydrogen (secondary N) is 2. The van der Waals surface area contributed by atoms with Crippen molar-refractivity contribution in [1.29, 1.82) is 0 Å². The molecular weight excluding hydrogens is 394 g/mol. The molecule has 0 bridgehead atoms. The van der Waals surface area contributed by atoms with Gasteiger partial charge in [0.2, 0.25) is 0 Å². The zero-order valence-corrected chi connectivity index (χ0v) is 17.1. The van der Waals surface area contributed by atoms with Crippen LogP contribution in [0.5, 0.6) is 5.75 Å². The Bertz CT molecular complexity index is 1120. The van der Waals surface area contributed by atoms with E-state index in [1.807, 2.05) is 32.0 Å². The summed E-state index contributed by atoms with van der Waals surface area (Å²) >= 11 is 0. The molecule has 0 atom stereocenters. The Hall–Kier alpha value is -4.26. The highest BCUT2D eigenvalue weighted by molar-refractivity contribution is 6.39. The van der Waals surface area contributed by atoms with Crippen LogP contribution < -0.4 is 15.5 Å². The summed E-state index contributed by atoms with van der Waals surface area (Å²) in [4.78, 5) is 35.9. The number of benzene rings is 3. The molecule has 31 heavy (non-hydrogen) atoms. The number of ether oxygens (including phenoxy) is 1. The molecule has 7 heteroatoms. The highest BCUT2D eigenvalue weighted by Gasteiger charge is 2.12. The van der Waals surface area contributed by atoms with E-state index in [1.165, 1.54) is 6.21 Å². The number of esters is 1. The molecule has 0 saturated heterocycles. The minimum Gasteiger partial charge on any atom is -0.423 e. The smallest absolute Gasteiger partial charge is 0.343 e. The van der Waals surface area contributed by atoms with Gasteiger partial charge < -0.3 is 10.1 Å².